The highest BCUT2D eigenvalue weighted by Gasteiger charge is 2.18. The number of fused-ring (bicyclic) bond motifs is 1. The molecule has 1 aromatic carbocycles. The number of anilines is 1. The highest BCUT2D eigenvalue weighted by atomic mass is 79.9. The van der Waals surface area contributed by atoms with Crippen molar-refractivity contribution in [2.75, 3.05) is 5.32 Å². The summed E-state index contributed by atoms with van der Waals surface area (Å²) in [6, 6.07) is 11.5. The number of nitrogens with one attached hydrogen (secondary N) is 1. The van der Waals surface area contributed by atoms with Gasteiger partial charge in [0.25, 0.3) is 5.91 Å². The first-order valence-electron chi connectivity index (χ1n) is 7.15. The summed E-state index contributed by atoms with van der Waals surface area (Å²) in [7, 11) is 0. The monoisotopic (exact) mass is 398 g/mol. The van der Waals surface area contributed by atoms with Gasteiger partial charge in [-0.15, -0.1) is 11.3 Å². The molecule has 3 heterocycles. The topological polar surface area (TPSA) is 59.3 Å². The maximum absolute atomic E-state index is 12.6. The Balaban J connectivity index is 1.78. The van der Waals surface area contributed by atoms with Crippen molar-refractivity contribution in [3.63, 3.8) is 0 Å². The fraction of sp³-hybridized carbons (Fsp3) is 0. The number of nitrogens with zero attached hydrogens (tertiary/aromatic N) is 3. The summed E-state index contributed by atoms with van der Waals surface area (Å²) >= 11 is 4.86. The average molecular weight is 399 g/mol. The molecule has 1 N–H and O–H groups in total. The molecule has 0 aliphatic rings. The lowest BCUT2D eigenvalue weighted by Crippen LogP contribution is -2.14. The largest absolute Gasteiger partial charge is 0.306 e. The molecule has 0 aliphatic carbocycles. The lowest BCUT2D eigenvalue weighted by molar-refractivity contribution is 0.102. The minimum atomic E-state index is -0.228. The Kier molecular flexibility index (Phi) is 3.87. The number of carbonyl (C=O) groups is 1. The van der Waals surface area contributed by atoms with Gasteiger partial charge in [0.1, 0.15) is 11.5 Å². The lowest BCUT2D eigenvalue weighted by atomic mass is 10.1. The van der Waals surface area contributed by atoms with Crippen molar-refractivity contribution in [2.24, 2.45) is 0 Å². The van der Waals surface area contributed by atoms with Crippen molar-refractivity contribution < 1.29 is 4.79 Å². The van der Waals surface area contributed by atoms with E-state index in [4.69, 9.17) is 0 Å². The number of pyridine rings is 1. The van der Waals surface area contributed by atoms with Gasteiger partial charge in [-0.1, -0.05) is 30.3 Å². The Morgan fingerprint density at radius 2 is 2.04 bits per heavy atom. The molecule has 1 amide bonds. The average Bonchev–Trinajstić information content (AvgIpc) is 3.18. The number of carbonyl (C=O) groups excluding carboxylic acids is 1. The highest BCUT2D eigenvalue weighted by Crippen LogP contribution is 2.30. The zero-order valence-corrected chi connectivity index (χ0v) is 14.7. The number of imidazole rings is 1. The van der Waals surface area contributed by atoms with Crippen molar-refractivity contribution in [1.82, 2.24) is 14.4 Å². The van der Waals surface area contributed by atoms with Crippen LogP contribution in [-0.4, -0.2) is 20.3 Å². The van der Waals surface area contributed by atoms with Gasteiger partial charge < -0.3 is 5.32 Å². The summed E-state index contributed by atoms with van der Waals surface area (Å²) in [5, 5.41) is 4.91. The van der Waals surface area contributed by atoms with Crippen LogP contribution in [0.3, 0.4) is 0 Å². The van der Waals surface area contributed by atoms with Gasteiger partial charge in [0.2, 0.25) is 0 Å². The molecule has 0 spiro atoms. The van der Waals surface area contributed by atoms with Crippen molar-refractivity contribution in [3.05, 3.63) is 70.4 Å². The van der Waals surface area contributed by atoms with Gasteiger partial charge in [-0.25, -0.2) is 4.98 Å². The number of hydrogen-bond donors (Lipinski definition) is 1. The van der Waals surface area contributed by atoms with Crippen LogP contribution in [0.25, 0.3) is 16.2 Å². The fourth-order valence-corrected chi connectivity index (χ4v) is 3.50. The van der Waals surface area contributed by atoms with Gasteiger partial charge in [-0.2, -0.15) is 0 Å². The minimum absolute atomic E-state index is 0.228. The van der Waals surface area contributed by atoms with Gasteiger partial charge in [-0.05, 0) is 22.0 Å². The summed E-state index contributed by atoms with van der Waals surface area (Å²) in [6.45, 7) is 0. The SMILES string of the molecule is O=C(Nc1c(-c2ccccc2)nc2sccn12)c1cncc(Br)c1. The zero-order chi connectivity index (χ0) is 16.5. The van der Waals surface area contributed by atoms with Crippen LogP contribution in [0.15, 0.2) is 64.8 Å². The van der Waals surface area contributed by atoms with E-state index in [0.29, 0.717) is 11.4 Å². The molecule has 24 heavy (non-hydrogen) atoms. The number of halogens is 1. The molecular weight excluding hydrogens is 388 g/mol. The van der Waals surface area contributed by atoms with Crippen LogP contribution in [0, 0.1) is 0 Å². The van der Waals surface area contributed by atoms with Crippen LogP contribution >= 0.6 is 27.3 Å². The Morgan fingerprint density at radius 1 is 1.21 bits per heavy atom. The van der Waals surface area contributed by atoms with Crippen LogP contribution in [-0.2, 0) is 0 Å². The predicted molar refractivity (Wildman–Crippen MR) is 98.4 cm³/mol. The second-order valence-electron chi connectivity index (χ2n) is 5.08. The predicted octanol–water partition coefficient (Wildman–Crippen LogP) is 4.47. The fourth-order valence-electron chi connectivity index (χ4n) is 2.42. The summed E-state index contributed by atoms with van der Waals surface area (Å²) in [5.74, 6) is 0.427. The van der Waals surface area contributed by atoms with Crippen molar-refractivity contribution in [2.45, 2.75) is 0 Å². The molecule has 0 fully saturated rings. The van der Waals surface area contributed by atoms with Crippen LogP contribution in [0.1, 0.15) is 10.4 Å². The third-order valence-corrected chi connectivity index (χ3v) is 4.70. The number of amides is 1. The molecule has 4 rings (SSSR count). The second kappa shape index (κ2) is 6.18. The Labute approximate surface area is 150 Å². The van der Waals surface area contributed by atoms with Crippen LogP contribution < -0.4 is 5.32 Å². The third kappa shape index (κ3) is 2.72. The number of benzene rings is 1. The molecule has 3 aromatic heterocycles. The standard InChI is InChI=1S/C17H11BrN4OS/c18-13-8-12(9-19-10-13)16(23)21-15-14(11-4-2-1-3-5-11)20-17-22(15)6-7-24-17/h1-10H,(H,21,23). The first kappa shape index (κ1) is 15.0. The first-order chi connectivity index (χ1) is 11.7. The van der Waals surface area contributed by atoms with Gasteiger partial charge in [0.15, 0.2) is 4.96 Å². The Bertz CT molecular complexity index is 1030. The van der Waals surface area contributed by atoms with Crippen LogP contribution in [0.2, 0.25) is 0 Å². The highest BCUT2D eigenvalue weighted by molar-refractivity contribution is 9.10. The molecule has 0 radical (unpaired) electrons. The molecule has 0 bridgehead atoms. The van der Waals surface area contributed by atoms with Crippen LogP contribution in [0.4, 0.5) is 5.82 Å². The molecule has 0 saturated heterocycles. The summed E-state index contributed by atoms with van der Waals surface area (Å²) < 4.78 is 2.64. The third-order valence-electron chi connectivity index (χ3n) is 3.51. The van der Waals surface area contributed by atoms with E-state index in [-0.39, 0.29) is 5.91 Å². The molecule has 7 heteroatoms. The quantitative estimate of drug-likeness (QED) is 0.553. The molecule has 0 aliphatic heterocycles. The van der Waals surface area contributed by atoms with E-state index < -0.39 is 0 Å². The van der Waals surface area contributed by atoms with Gasteiger partial charge >= 0.3 is 0 Å². The van der Waals surface area contributed by atoms with Crippen molar-refractivity contribution >= 4 is 44.0 Å². The van der Waals surface area contributed by atoms with Crippen molar-refractivity contribution in [3.8, 4) is 11.3 Å². The molecule has 0 atom stereocenters. The van der Waals surface area contributed by atoms with Crippen LogP contribution in [0.5, 0.6) is 0 Å². The second-order valence-corrected chi connectivity index (χ2v) is 6.87. The molecule has 0 saturated carbocycles. The van der Waals surface area contributed by atoms with E-state index in [1.807, 2.05) is 46.3 Å². The van der Waals surface area contributed by atoms with E-state index >= 15 is 0 Å². The van der Waals surface area contributed by atoms with E-state index in [1.54, 1.807) is 12.3 Å². The van der Waals surface area contributed by atoms with Crippen molar-refractivity contribution in [1.29, 1.82) is 0 Å². The number of aromatic nitrogens is 3. The molecule has 118 valence electrons. The zero-order valence-electron chi connectivity index (χ0n) is 12.3. The summed E-state index contributed by atoms with van der Waals surface area (Å²) in [4.78, 5) is 22.1. The summed E-state index contributed by atoms with van der Waals surface area (Å²) in [5.41, 5.74) is 2.18. The molecular formula is C17H11BrN4OS. The molecule has 5 nitrogen and oxygen atoms in total. The van der Waals surface area contributed by atoms with Gasteiger partial charge in [-0.3, -0.25) is 14.2 Å². The summed E-state index contributed by atoms with van der Waals surface area (Å²) in [6.07, 6.45) is 5.07. The Morgan fingerprint density at radius 3 is 2.83 bits per heavy atom. The number of hydrogen-bond acceptors (Lipinski definition) is 4. The minimum Gasteiger partial charge on any atom is -0.306 e. The lowest BCUT2D eigenvalue weighted by Gasteiger charge is -2.07. The van der Waals surface area contributed by atoms with Gasteiger partial charge in [0.05, 0.1) is 5.56 Å². The smallest absolute Gasteiger partial charge is 0.258 e. The van der Waals surface area contributed by atoms with Gasteiger partial charge in [0, 0.05) is 34.0 Å². The van der Waals surface area contributed by atoms with E-state index in [9.17, 15) is 4.79 Å². The Hall–Kier alpha value is -2.51. The normalized spacial score (nSPS) is 10.9. The van der Waals surface area contributed by atoms with E-state index in [2.05, 4.69) is 31.2 Å². The maximum atomic E-state index is 12.6. The molecule has 0 unspecified atom stereocenters. The number of thiazole rings is 1. The molecule has 4 aromatic rings. The van der Waals surface area contributed by atoms with E-state index in [0.717, 1.165) is 20.7 Å². The number of rotatable bonds is 3. The maximum Gasteiger partial charge on any atom is 0.258 e. The van der Waals surface area contributed by atoms with E-state index in [1.165, 1.54) is 17.5 Å². The first-order valence-corrected chi connectivity index (χ1v) is 8.82.